The average Bonchev–Trinajstić information content (AvgIpc) is 2.36. The van der Waals surface area contributed by atoms with Crippen LogP contribution in [0.4, 0.5) is 0 Å². The molecule has 0 aliphatic carbocycles. The van der Waals surface area contributed by atoms with Crippen LogP contribution in [-0.2, 0) is 9.53 Å². The molecule has 120 valence electrons. The molecule has 22 heavy (non-hydrogen) atoms. The smallest absolute Gasteiger partial charge is 0.507 e. The van der Waals surface area contributed by atoms with Gasteiger partial charge < -0.3 is 24.5 Å². The number of benzene rings is 1. The Kier molecular flexibility index (Phi) is 11.9. The first-order valence-corrected chi connectivity index (χ1v) is 6.25. The number of ether oxygens (including phenoxy) is 1. The Labute approximate surface area is 148 Å². The molecule has 0 heterocycles. The summed E-state index contributed by atoms with van der Waals surface area (Å²) in [5.41, 5.74) is -0.0475. The normalized spacial score (nSPS) is 9.82. The van der Waals surface area contributed by atoms with Crippen molar-refractivity contribution in [1.82, 2.24) is 0 Å². The molecule has 0 aliphatic rings. The predicted molar refractivity (Wildman–Crippen MR) is 81.8 cm³/mol. The van der Waals surface area contributed by atoms with Gasteiger partial charge in [0.1, 0.15) is 17.9 Å². The van der Waals surface area contributed by atoms with Gasteiger partial charge >= 0.3 is 38.1 Å². The maximum atomic E-state index is 11.1. The van der Waals surface area contributed by atoms with Gasteiger partial charge in [-0.3, -0.25) is 0 Å². The van der Waals surface area contributed by atoms with Crippen molar-refractivity contribution in [3.05, 3.63) is 29.8 Å². The second-order valence-electron chi connectivity index (χ2n) is 5.22. The summed E-state index contributed by atoms with van der Waals surface area (Å²) in [4.78, 5) is 21.2. The van der Waals surface area contributed by atoms with E-state index in [4.69, 9.17) is 10.2 Å². The number of para-hydroxylation sites is 1. The van der Waals surface area contributed by atoms with Crippen LogP contribution in [0.2, 0.25) is 0 Å². The molecule has 0 unspecified atom stereocenters. The number of phenolic OH excluding ortho intramolecular Hbond substituents is 1. The Morgan fingerprint density at radius 3 is 2.09 bits per heavy atom. The van der Waals surface area contributed by atoms with Crippen molar-refractivity contribution in [1.29, 1.82) is 0 Å². The number of aliphatic carboxylic acids is 1. The number of aromatic hydroxyl groups is 1. The third-order valence-electron chi connectivity index (χ3n) is 2.22. The standard InChI is InChI=1S/C9H8O5.C5H14NO.Bi/c10-7-4-2-1-3-6(7)9(13)14-5-8(11)12;1-6(2,3)4-5-7;/h1-4,10H,5H2,(H,11,12);7H,4-5H2,1-3H3;/q;+1;+3. The predicted octanol–water partition coefficient (Wildman–Crippen LogP) is -0.0623. The Hall–Kier alpha value is -1.24. The molecule has 0 amide bonds. The minimum Gasteiger partial charge on any atom is -0.507 e. The van der Waals surface area contributed by atoms with Crippen LogP contribution in [-0.4, -0.2) is 98.8 Å². The van der Waals surface area contributed by atoms with E-state index in [1.807, 2.05) is 0 Å². The largest absolute Gasteiger partial charge is 3.00 e. The maximum Gasteiger partial charge on any atom is 3.00 e. The fourth-order valence-corrected chi connectivity index (χ4v) is 1.15. The van der Waals surface area contributed by atoms with Crippen molar-refractivity contribution in [2.24, 2.45) is 0 Å². The molecule has 0 atom stereocenters. The second-order valence-corrected chi connectivity index (χ2v) is 5.22. The number of aliphatic hydroxyl groups excluding tert-OH is 1. The molecule has 0 aromatic heterocycles. The second kappa shape index (κ2) is 11.3. The van der Waals surface area contributed by atoms with Crippen LogP contribution in [0.25, 0.3) is 0 Å². The molecule has 7 nitrogen and oxygen atoms in total. The van der Waals surface area contributed by atoms with Gasteiger partial charge in [0.25, 0.3) is 0 Å². The van der Waals surface area contributed by atoms with Crippen LogP contribution in [0.5, 0.6) is 5.75 Å². The van der Waals surface area contributed by atoms with E-state index < -0.39 is 18.5 Å². The molecular weight excluding hydrogens is 487 g/mol. The van der Waals surface area contributed by atoms with E-state index in [1.165, 1.54) is 18.2 Å². The van der Waals surface area contributed by atoms with Crippen LogP contribution < -0.4 is 0 Å². The topological polar surface area (TPSA) is 104 Å². The number of phenols is 1. The number of carboxylic acid groups (broad SMARTS) is 1. The number of carbonyl (C=O) groups is 2. The van der Waals surface area contributed by atoms with Crippen LogP contribution >= 0.6 is 0 Å². The molecule has 1 aromatic rings. The zero-order valence-electron chi connectivity index (χ0n) is 12.9. The van der Waals surface area contributed by atoms with Gasteiger partial charge in [-0.05, 0) is 12.1 Å². The van der Waals surface area contributed by atoms with Gasteiger partial charge in [0.05, 0.1) is 27.7 Å². The Morgan fingerprint density at radius 2 is 1.73 bits per heavy atom. The summed E-state index contributed by atoms with van der Waals surface area (Å²) in [6.45, 7) is 0.399. The van der Waals surface area contributed by atoms with E-state index in [0.717, 1.165) is 11.0 Å². The van der Waals surface area contributed by atoms with Gasteiger partial charge in [-0.15, -0.1) is 0 Å². The van der Waals surface area contributed by atoms with Gasteiger partial charge in [0.15, 0.2) is 6.61 Å². The quantitative estimate of drug-likeness (QED) is 0.292. The molecule has 2 radical (unpaired) electrons. The summed E-state index contributed by atoms with van der Waals surface area (Å²) in [5.74, 6) is -2.33. The first-order valence-electron chi connectivity index (χ1n) is 6.25. The molecule has 1 aromatic carbocycles. The Balaban J connectivity index is 0. The van der Waals surface area contributed by atoms with Crippen LogP contribution in [0, 0.1) is 0 Å². The van der Waals surface area contributed by atoms with Crippen LogP contribution in [0.3, 0.4) is 0 Å². The van der Waals surface area contributed by atoms with Crippen molar-refractivity contribution < 1.29 is 34.1 Å². The molecule has 3 N–H and O–H groups in total. The van der Waals surface area contributed by atoms with Crippen molar-refractivity contribution in [3.8, 4) is 5.75 Å². The Bertz CT molecular complexity index is 473. The van der Waals surface area contributed by atoms with Gasteiger partial charge in [0, 0.05) is 0 Å². The summed E-state index contributed by atoms with van der Waals surface area (Å²) in [5, 5.41) is 25.8. The van der Waals surface area contributed by atoms with Gasteiger partial charge in [-0.1, -0.05) is 12.1 Å². The molecule has 0 spiro atoms. The fourth-order valence-electron chi connectivity index (χ4n) is 1.15. The summed E-state index contributed by atoms with van der Waals surface area (Å²) >= 11 is 0. The van der Waals surface area contributed by atoms with E-state index in [-0.39, 0.29) is 44.1 Å². The molecule has 0 bridgehead atoms. The van der Waals surface area contributed by atoms with Crippen LogP contribution in [0.15, 0.2) is 24.3 Å². The molecule has 1 rings (SSSR count). The number of hydrogen-bond acceptors (Lipinski definition) is 5. The van der Waals surface area contributed by atoms with Crippen LogP contribution in [0.1, 0.15) is 10.4 Å². The van der Waals surface area contributed by atoms with E-state index in [1.54, 1.807) is 6.07 Å². The number of hydrogen-bond donors (Lipinski definition) is 3. The number of nitrogens with zero attached hydrogens (tertiary/aromatic N) is 1. The Morgan fingerprint density at radius 1 is 1.18 bits per heavy atom. The zero-order valence-corrected chi connectivity index (χ0v) is 16.4. The number of carbonyl (C=O) groups excluding carboxylic acids is 1. The zero-order chi connectivity index (χ0) is 16.5. The monoisotopic (exact) mass is 509 g/mol. The number of likely N-dealkylation sites (N-methyl/N-ethyl adjacent to an activating group) is 1. The first kappa shape index (κ1) is 23.0. The number of esters is 1. The van der Waals surface area contributed by atoms with Crippen molar-refractivity contribution >= 4 is 38.1 Å². The van der Waals surface area contributed by atoms with E-state index >= 15 is 0 Å². The first-order chi connectivity index (χ1) is 9.67. The van der Waals surface area contributed by atoms with E-state index in [9.17, 15) is 14.7 Å². The summed E-state index contributed by atoms with van der Waals surface area (Å²) in [7, 11) is 6.16. The number of carboxylic acids is 1. The third kappa shape index (κ3) is 11.4. The summed E-state index contributed by atoms with van der Waals surface area (Å²) in [6, 6.07) is 5.75. The molecular formula is C14H22BiNO6+4. The molecule has 0 saturated carbocycles. The van der Waals surface area contributed by atoms with Gasteiger partial charge in [-0.25, -0.2) is 9.59 Å². The molecule has 0 aliphatic heterocycles. The minimum atomic E-state index is -1.24. The van der Waals surface area contributed by atoms with Crippen molar-refractivity contribution in [2.75, 3.05) is 40.9 Å². The molecule has 8 heteroatoms. The van der Waals surface area contributed by atoms with Gasteiger partial charge in [-0.2, -0.15) is 0 Å². The summed E-state index contributed by atoms with van der Waals surface area (Å²) in [6.07, 6.45) is 0. The SMILES string of the molecule is C[N+](C)(C)CCO.O=C(O)COC(=O)c1ccccc1O.[Bi+3]. The average molecular weight is 509 g/mol. The number of rotatable bonds is 5. The third-order valence-corrected chi connectivity index (χ3v) is 2.22. The van der Waals surface area contributed by atoms with E-state index in [0.29, 0.717) is 0 Å². The number of quaternary nitrogens is 1. The summed E-state index contributed by atoms with van der Waals surface area (Å²) < 4.78 is 5.22. The molecule has 0 fully saturated rings. The van der Waals surface area contributed by atoms with E-state index in [2.05, 4.69) is 25.9 Å². The van der Waals surface area contributed by atoms with Gasteiger partial charge in [0.2, 0.25) is 0 Å². The molecule has 0 saturated heterocycles. The minimum absolute atomic E-state index is 0. The van der Waals surface area contributed by atoms with Crippen molar-refractivity contribution in [3.63, 3.8) is 0 Å². The maximum absolute atomic E-state index is 11.1. The van der Waals surface area contributed by atoms with Crippen molar-refractivity contribution in [2.45, 2.75) is 0 Å². The fraction of sp³-hybridized carbons (Fsp3) is 0.429. The number of aliphatic hydroxyl groups is 1.